The Morgan fingerprint density at radius 3 is 2.44 bits per heavy atom. The molecule has 0 unspecified atom stereocenters. The van der Waals surface area contributed by atoms with Crippen LogP contribution in [0.1, 0.15) is 46.5 Å². The molecule has 0 bridgehead atoms. The predicted octanol–water partition coefficient (Wildman–Crippen LogP) is 2.76. The summed E-state index contributed by atoms with van der Waals surface area (Å²) in [6.07, 6.45) is 4.40. The second-order valence-corrected chi connectivity index (χ2v) is 6.39. The second-order valence-electron chi connectivity index (χ2n) is 6.39. The molecule has 0 saturated heterocycles. The van der Waals surface area contributed by atoms with E-state index in [9.17, 15) is 5.11 Å². The molecule has 3 atom stereocenters. The van der Waals surface area contributed by atoms with Gasteiger partial charge in [0.15, 0.2) is 0 Å². The molecule has 0 radical (unpaired) electrons. The van der Waals surface area contributed by atoms with Crippen molar-refractivity contribution in [2.75, 3.05) is 20.6 Å². The van der Waals surface area contributed by atoms with E-state index in [1.165, 1.54) is 12.8 Å². The van der Waals surface area contributed by atoms with Crippen LogP contribution in [0.5, 0.6) is 0 Å². The van der Waals surface area contributed by atoms with E-state index in [0.29, 0.717) is 17.8 Å². The zero-order valence-electron chi connectivity index (χ0n) is 11.7. The summed E-state index contributed by atoms with van der Waals surface area (Å²) in [6.45, 7) is 7.77. The maximum Gasteiger partial charge on any atom is 0.0693 e. The summed E-state index contributed by atoms with van der Waals surface area (Å²) >= 11 is 0. The predicted molar refractivity (Wildman–Crippen MR) is 69.5 cm³/mol. The lowest BCUT2D eigenvalue weighted by Gasteiger charge is -2.45. The molecule has 0 amide bonds. The van der Waals surface area contributed by atoms with E-state index in [0.717, 1.165) is 19.4 Å². The minimum Gasteiger partial charge on any atom is -0.390 e. The first-order valence-electron chi connectivity index (χ1n) is 6.72. The molecule has 1 rings (SSSR count). The number of nitrogens with zero attached hydrogens (tertiary/aromatic N) is 1. The Morgan fingerprint density at radius 2 is 1.94 bits per heavy atom. The summed E-state index contributed by atoms with van der Waals surface area (Å²) < 4.78 is 0. The number of hydrogen-bond donors (Lipinski definition) is 1. The van der Waals surface area contributed by atoms with Crippen molar-refractivity contribution in [1.29, 1.82) is 0 Å². The van der Waals surface area contributed by atoms with Gasteiger partial charge in [0.2, 0.25) is 0 Å². The largest absolute Gasteiger partial charge is 0.390 e. The van der Waals surface area contributed by atoms with Crippen LogP contribution in [0.2, 0.25) is 0 Å². The van der Waals surface area contributed by atoms with Crippen LogP contribution in [0.3, 0.4) is 0 Å². The summed E-state index contributed by atoms with van der Waals surface area (Å²) in [4.78, 5) is 2.18. The van der Waals surface area contributed by atoms with Crippen molar-refractivity contribution < 1.29 is 5.11 Å². The van der Waals surface area contributed by atoms with Crippen molar-refractivity contribution in [3.8, 4) is 0 Å². The van der Waals surface area contributed by atoms with Gasteiger partial charge in [-0.05, 0) is 51.1 Å². The number of rotatable bonds is 4. The molecule has 2 nitrogen and oxygen atoms in total. The van der Waals surface area contributed by atoms with Crippen molar-refractivity contribution >= 4 is 0 Å². The van der Waals surface area contributed by atoms with Crippen LogP contribution in [0.15, 0.2) is 0 Å². The summed E-state index contributed by atoms with van der Waals surface area (Å²) in [5.41, 5.74) is -0.421. The molecule has 0 aliphatic heterocycles. The highest BCUT2D eigenvalue weighted by Crippen LogP contribution is 2.42. The van der Waals surface area contributed by atoms with Crippen LogP contribution in [-0.2, 0) is 0 Å². The van der Waals surface area contributed by atoms with Crippen molar-refractivity contribution in [2.24, 2.45) is 17.8 Å². The Kier molecular flexibility index (Phi) is 4.81. The summed E-state index contributed by atoms with van der Waals surface area (Å²) in [5, 5.41) is 10.9. The van der Waals surface area contributed by atoms with Gasteiger partial charge in [0.25, 0.3) is 0 Å². The molecule has 96 valence electrons. The van der Waals surface area contributed by atoms with Crippen molar-refractivity contribution in [1.82, 2.24) is 4.90 Å². The Bertz CT molecular complexity index is 215. The minimum atomic E-state index is -0.421. The summed E-state index contributed by atoms with van der Waals surface area (Å²) in [6, 6.07) is 0. The van der Waals surface area contributed by atoms with Gasteiger partial charge in [-0.3, -0.25) is 0 Å². The van der Waals surface area contributed by atoms with E-state index in [2.05, 4.69) is 39.8 Å². The first kappa shape index (κ1) is 14.0. The Morgan fingerprint density at radius 1 is 1.31 bits per heavy atom. The molecule has 0 aromatic carbocycles. The van der Waals surface area contributed by atoms with Gasteiger partial charge < -0.3 is 10.0 Å². The molecule has 0 aromatic heterocycles. The SMILES string of the molecule is CC(C)[C@@H]1CC[C@@H](C)C[C@@]1(O)CCN(C)C. The molecule has 1 fully saturated rings. The van der Waals surface area contributed by atoms with Gasteiger partial charge in [-0.25, -0.2) is 0 Å². The Hall–Kier alpha value is -0.0800. The molecule has 16 heavy (non-hydrogen) atoms. The molecule has 2 heteroatoms. The highest BCUT2D eigenvalue weighted by Gasteiger charge is 2.42. The lowest BCUT2D eigenvalue weighted by molar-refractivity contribution is -0.0884. The third kappa shape index (κ3) is 3.46. The maximum atomic E-state index is 10.9. The van der Waals surface area contributed by atoms with Gasteiger partial charge in [0.05, 0.1) is 5.60 Å². The van der Waals surface area contributed by atoms with E-state index >= 15 is 0 Å². The van der Waals surface area contributed by atoms with Crippen molar-refractivity contribution in [3.05, 3.63) is 0 Å². The van der Waals surface area contributed by atoms with E-state index in [1.807, 2.05) is 0 Å². The second kappa shape index (κ2) is 5.50. The van der Waals surface area contributed by atoms with Gasteiger partial charge in [-0.2, -0.15) is 0 Å². The lowest BCUT2D eigenvalue weighted by Crippen LogP contribution is -2.47. The van der Waals surface area contributed by atoms with Crippen molar-refractivity contribution in [2.45, 2.75) is 52.1 Å². The highest BCUT2D eigenvalue weighted by molar-refractivity contribution is 4.93. The van der Waals surface area contributed by atoms with E-state index in [4.69, 9.17) is 0 Å². The molecular weight excluding hydrogens is 198 g/mol. The highest BCUT2D eigenvalue weighted by atomic mass is 16.3. The summed E-state index contributed by atoms with van der Waals surface area (Å²) in [7, 11) is 4.17. The average molecular weight is 227 g/mol. The molecule has 1 saturated carbocycles. The molecular formula is C14H29NO. The quantitative estimate of drug-likeness (QED) is 0.798. The molecule has 1 N–H and O–H groups in total. The normalized spacial score (nSPS) is 36.0. The smallest absolute Gasteiger partial charge is 0.0693 e. The maximum absolute atomic E-state index is 10.9. The first-order chi connectivity index (χ1) is 7.35. The van der Waals surface area contributed by atoms with Crippen LogP contribution >= 0.6 is 0 Å². The van der Waals surface area contributed by atoms with Crippen molar-refractivity contribution in [3.63, 3.8) is 0 Å². The average Bonchev–Trinajstić information content (AvgIpc) is 2.14. The fourth-order valence-electron chi connectivity index (χ4n) is 3.25. The summed E-state index contributed by atoms with van der Waals surface area (Å²) in [5.74, 6) is 1.77. The van der Waals surface area contributed by atoms with Gasteiger partial charge in [0.1, 0.15) is 0 Å². The van der Waals surface area contributed by atoms with Crippen LogP contribution in [-0.4, -0.2) is 36.2 Å². The molecule has 0 heterocycles. The first-order valence-corrected chi connectivity index (χ1v) is 6.72. The standard InChI is InChI=1S/C14H29NO/c1-11(2)13-7-6-12(3)10-14(13,16)8-9-15(4)5/h11-13,16H,6-10H2,1-5H3/t12-,13+,14+/m1/s1. The van der Waals surface area contributed by atoms with E-state index in [1.54, 1.807) is 0 Å². The van der Waals surface area contributed by atoms with E-state index in [-0.39, 0.29) is 0 Å². The number of aliphatic hydroxyl groups is 1. The zero-order chi connectivity index (χ0) is 12.3. The van der Waals surface area contributed by atoms with Crippen LogP contribution in [0.4, 0.5) is 0 Å². The fourth-order valence-corrected chi connectivity index (χ4v) is 3.25. The monoisotopic (exact) mass is 227 g/mol. The van der Waals surface area contributed by atoms with Crippen LogP contribution in [0, 0.1) is 17.8 Å². The molecule has 0 aromatic rings. The van der Waals surface area contributed by atoms with Crippen LogP contribution in [0.25, 0.3) is 0 Å². The lowest BCUT2D eigenvalue weighted by atomic mass is 9.66. The Balaban J connectivity index is 2.67. The number of hydrogen-bond acceptors (Lipinski definition) is 2. The third-order valence-electron chi connectivity index (χ3n) is 4.16. The van der Waals surface area contributed by atoms with Gasteiger partial charge >= 0.3 is 0 Å². The van der Waals surface area contributed by atoms with Gasteiger partial charge in [-0.1, -0.05) is 27.2 Å². The van der Waals surface area contributed by atoms with Gasteiger partial charge in [-0.15, -0.1) is 0 Å². The molecule has 1 aliphatic carbocycles. The third-order valence-corrected chi connectivity index (χ3v) is 4.16. The van der Waals surface area contributed by atoms with Crippen LogP contribution < -0.4 is 0 Å². The topological polar surface area (TPSA) is 23.5 Å². The molecule has 0 spiro atoms. The fraction of sp³-hybridized carbons (Fsp3) is 1.00. The molecule has 1 aliphatic rings. The zero-order valence-corrected chi connectivity index (χ0v) is 11.7. The van der Waals surface area contributed by atoms with E-state index < -0.39 is 5.60 Å². The van der Waals surface area contributed by atoms with Gasteiger partial charge in [0, 0.05) is 6.54 Å². The minimum absolute atomic E-state index is 0.421. The Labute approximate surface area is 101 Å².